The highest BCUT2D eigenvalue weighted by molar-refractivity contribution is 5.39. The van der Waals surface area contributed by atoms with E-state index in [1.54, 1.807) is 6.92 Å². The monoisotopic (exact) mass is 414 g/mol. The van der Waals surface area contributed by atoms with Gasteiger partial charge in [-0.25, -0.2) is 4.39 Å². The highest BCUT2D eigenvalue weighted by atomic mass is 19.4. The molecule has 0 unspecified atom stereocenters. The topological polar surface area (TPSA) is 9.23 Å². The fraction of sp³-hybridized carbons (Fsp3) is 0.750. The standard InChI is InChI=1S/C24H34F4O/c1-3-29-21-15-14-20(22(23(21)25)24(26,27)28)13-8-17-6-11-19(12-7-17)18-9-4-16(2)5-10-18/h14-19H,3-13H2,1-2H3. The Hall–Kier alpha value is -1.26. The summed E-state index contributed by atoms with van der Waals surface area (Å²) in [6.45, 7) is 4.10. The highest BCUT2D eigenvalue weighted by Crippen LogP contribution is 2.43. The summed E-state index contributed by atoms with van der Waals surface area (Å²) in [6, 6.07) is 2.73. The van der Waals surface area contributed by atoms with Gasteiger partial charge in [0.1, 0.15) is 0 Å². The predicted molar refractivity (Wildman–Crippen MR) is 107 cm³/mol. The van der Waals surface area contributed by atoms with E-state index in [0.29, 0.717) is 12.3 Å². The number of ether oxygens (including phenoxy) is 1. The third-order valence-electron chi connectivity index (χ3n) is 7.22. The van der Waals surface area contributed by atoms with Crippen molar-refractivity contribution >= 4 is 0 Å². The van der Waals surface area contributed by atoms with Crippen molar-refractivity contribution in [2.75, 3.05) is 6.61 Å². The van der Waals surface area contributed by atoms with Gasteiger partial charge >= 0.3 is 6.18 Å². The van der Waals surface area contributed by atoms with Gasteiger partial charge in [-0.05, 0) is 80.8 Å². The molecule has 29 heavy (non-hydrogen) atoms. The molecule has 0 amide bonds. The van der Waals surface area contributed by atoms with Gasteiger partial charge in [-0.1, -0.05) is 38.7 Å². The summed E-state index contributed by atoms with van der Waals surface area (Å²) in [5.74, 6) is 1.37. The van der Waals surface area contributed by atoms with Crippen molar-refractivity contribution in [3.05, 3.63) is 29.1 Å². The second-order valence-electron chi connectivity index (χ2n) is 9.18. The Balaban J connectivity index is 1.57. The molecule has 0 spiro atoms. The Kier molecular flexibility index (Phi) is 7.50. The molecule has 0 saturated heterocycles. The van der Waals surface area contributed by atoms with Crippen LogP contribution < -0.4 is 4.74 Å². The molecule has 2 aliphatic rings. The van der Waals surface area contributed by atoms with Crippen molar-refractivity contribution in [3.63, 3.8) is 0 Å². The molecule has 0 radical (unpaired) electrons. The van der Waals surface area contributed by atoms with E-state index in [1.807, 2.05) is 0 Å². The Bertz CT molecular complexity index is 654. The van der Waals surface area contributed by atoms with Gasteiger partial charge in [-0.15, -0.1) is 0 Å². The molecule has 0 aliphatic heterocycles. The molecule has 0 N–H and O–H groups in total. The molecule has 0 aromatic heterocycles. The average molecular weight is 415 g/mol. The smallest absolute Gasteiger partial charge is 0.419 e. The lowest BCUT2D eigenvalue weighted by Gasteiger charge is -2.37. The van der Waals surface area contributed by atoms with Gasteiger partial charge in [0.15, 0.2) is 11.6 Å². The summed E-state index contributed by atoms with van der Waals surface area (Å²) in [5, 5.41) is 0. The van der Waals surface area contributed by atoms with Crippen molar-refractivity contribution in [3.8, 4) is 5.75 Å². The van der Waals surface area contributed by atoms with Crippen LogP contribution in [0.2, 0.25) is 0 Å². The number of alkyl halides is 3. The van der Waals surface area contributed by atoms with Gasteiger partial charge in [0.2, 0.25) is 0 Å². The maximum absolute atomic E-state index is 14.4. The van der Waals surface area contributed by atoms with Gasteiger partial charge in [0, 0.05) is 0 Å². The molecular weight excluding hydrogens is 380 g/mol. The molecule has 3 rings (SSSR count). The molecule has 0 atom stereocenters. The minimum absolute atomic E-state index is 0.0573. The van der Waals surface area contributed by atoms with Crippen LogP contribution >= 0.6 is 0 Å². The molecule has 5 heteroatoms. The highest BCUT2D eigenvalue weighted by Gasteiger charge is 2.38. The zero-order valence-corrected chi connectivity index (χ0v) is 17.7. The van der Waals surface area contributed by atoms with Crippen LogP contribution in [-0.4, -0.2) is 6.61 Å². The first kappa shape index (κ1) is 22.4. The molecule has 2 fully saturated rings. The van der Waals surface area contributed by atoms with E-state index in [2.05, 4.69) is 6.92 Å². The van der Waals surface area contributed by atoms with E-state index < -0.39 is 17.6 Å². The van der Waals surface area contributed by atoms with Crippen molar-refractivity contribution in [1.29, 1.82) is 0 Å². The van der Waals surface area contributed by atoms with Gasteiger partial charge in [0.25, 0.3) is 0 Å². The second-order valence-corrected chi connectivity index (χ2v) is 9.18. The first-order chi connectivity index (χ1) is 13.8. The fourth-order valence-corrected chi connectivity index (χ4v) is 5.44. The van der Waals surface area contributed by atoms with E-state index in [-0.39, 0.29) is 24.3 Å². The van der Waals surface area contributed by atoms with Crippen LogP contribution in [0.1, 0.15) is 82.8 Å². The zero-order chi connectivity index (χ0) is 21.0. The van der Waals surface area contributed by atoms with E-state index in [4.69, 9.17) is 4.74 Å². The first-order valence-electron chi connectivity index (χ1n) is 11.3. The summed E-state index contributed by atoms with van der Waals surface area (Å²) >= 11 is 0. The number of benzene rings is 1. The lowest BCUT2D eigenvalue weighted by Crippen LogP contribution is -2.25. The Morgan fingerprint density at radius 3 is 2.07 bits per heavy atom. The Labute approximate surface area is 172 Å². The minimum atomic E-state index is -4.71. The van der Waals surface area contributed by atoms with Gasteiger partial charge in [0.05, 0.1) is 12.2 Å². The van der Waals surface area contributed by atoms with E-state index in [0.717, 1.165) is 30.6 Å². The fourth-order valence-electron chi connectivity index (χ4n) is 5.44. The molecule has 0 bridgehead atoms. The number of hydrogen-bond donors (Lipinski definition) is 0. The summed E-state index contributed by atoms with van der Waals surface area (Å²) in [6.07, 6.45) is 6.23. The van der Waals surface area contributed by atoms with Gasteiger partial charge in [-0.2, -0.15) is 13.2 Å². The summed E-state index contributed by atoms with van der Waals surface area (Å²) in [7, 11) is 0. The third-order valence-corrected chi connectivity index (χ3v) is 7.22. The summed E-state index contributed by atoms with van der Waals surface area (Å²) in [5.41, 5.74) is -1.09. The van der Waals surface area contributed by atoms with E-state index in [1.165, 1.54) is 50.7 Å². The molecule has 2 saturated carbocycles. The first-order valence-corrected chi connectivity index (χ1v) is 11.3. The Morgan fingerprint density at radius 2 is 1.52 bits per heavy atom. The van der Waals surface area contributed by atoms with E-state index in [9.17, 15) is 17.6 Å². The summed E-state index contributed by atoms with van der Waals surface area (Å²) < 4.78 is 59.9. The lowest BCUT2D eigenvalue weighted by molar-refractivity contribution is -0.140. The molecule has 164 valence electrons. The van der Waals surface area contributed by atoms with E-state index >= 15 is 0 Å². The van der Waals surface area contributed by atoms with Gasteiger partial charge < -0.3 is 4.74 Å². The van der Waals surface area contributed by atoms with Crippen LogP contribution in [0.25, 0.3) is 0 Å². The van der Waals surface area contributed by atoms with Gasteiger partial charge in [-0.3, -0.25) is 0 Å². The van der Waals surface area contributed by atoms with Crippen LogP contribution in [0.4, 0.5) is 17.6 Å². The maximum Gasteiger partial charge on any atom is 0.419 e. The quantitative estimate of drug-likeness (QED) is 0.431. The molecular formula is C24H34F4O. The Morgan fingerprint density at radius 1 is 0.931 bits per heavy atom. The van der Waals surface area contributed by atoms with Crippen molar-refractivity contribution in [1.82, 2.24) is 0 Å². The third kappa shape index (κ3) is 5.67. The van der Waals surface area contributed by atoms with Crippen LogP contribution in [0.15, 0.2) is 12.1 Å². The lowest BCUT2D eigenvalue weighted by atomic mass is 9.69. The molecule has 1 aromatic carbocycles. The van der Waals surface area contributed by atoms with Crippen molar-refractivity contribution in [2.24, 2.45) is 23.7 Å². The normalized spacial score (nSPS) is 28.3. The van der Waals surface area contributed by atoms with Crippen molar-refractivity contribution < 1.29 is 22.3 Å². The molecule has 0 heterocycles. The summed E-state index contributed by atoms with van der Waals surface area (Å²) in [4.78, 5) is 0. The minimum Gasteiger partial charge on any atom is -0.491 e. The van der Waals surface area contributed by atoms with Crippen molar-refractivity contribution in [2.45, 2.75) is 84.2 Å². The van der Waals surface area contributed by atoms with Crippen LogP contribution in [-0.2, 0) is 12.6 Å². The molecule has 1 nitrogen and oxygen atoms in total. The SMILES string of the molecule is CCOc1ccc(CCC2CCC(C3CCC(C)CC3)CC2)c(C(F)(F)F)c1F. The van der Waals surface area contributed by atoms with Crippen LogP contribution in [0.5, 0.6) is 5.75 Å². The number of halogens is 4. The second kappa shape index (κ2) is 9.70. The van der Waals surface area contributed by atoms with Crippen LogP contribution in [0, 0.1) is 29.5 Å². The molecule has 2 aliphatic carbocycles. The zero-order valence-electron chi connectivity index (χ0n) is 17.7. The molecule has 1 aromatic rings. The number of aryl methyl sites for hydroxylation is 1. The largest absolute Gasteiger partial charge is 0.491 e. The number of hydrogen-bond acceptors (Lipinski definition) is 1. The number of rotatable bonds is 6. The predicted octanol–water partition coefficient (Wildman–Crippen LogP) is 7.81. The van der Waals surface area contributed by atoms with Crippen LogP contribution in [0.3, 0.4) is 0 Å². The maximum atomic E-state index is 14.4. The average Bonchev–Trinajstić information content (AvgIpc) is 2.68.